The highest BCUT2D eigenvalue weighted by atomic mass is 32.1. The van der Waals surface area contributed by atoms with Crippen LogP contribution in [0.15, 0.2) is 84.9 Å². The fourth-order valence-corrected chi connectivity index (χ4v) is 11.3. The molecule has 5 aromatic rings. The van der Waals surface area contributed by atoms with Crippen LogP contribution in [0.4, 0.5) is 34.6 Å². The molecule has 78 heavy (non-hydrogen) atoms. The summed E-state index contributed by atoms with van der Waals surface area (Å²) in [6.45, 7) is 4.82. The molecule has 413 valence electrons. The molecule has 1 spiro atoms. The Hall–Kier alpha value is -6.66. The van der Waals surface area contributed by atoms with Gasteiger partial charge in [-0.3, -0.25) is 14.4 Å². The number of methoxy groups -OCH3 is 1. The number of nitrogens with one attached hydrogen (secondary N) is 5. The molecule has 1 saturated heterocycles. The van der Waals surface area contributed by atoms with E-state index in [9.17, 15) is 32.7 Å². The summed E-state index contributed by atoms with van der Waals surface area (Å²) in [7, 11) is 8.65. The van der Waals surface area contributed by atoms with Crippen molar-refractivity contribution >= 4 is 73.0 Å². The van der Waals surface area contributed by atoms with E-state index in [4.69, 9.17) is 21.7 Å². The first-order chi connectivity index (χ1) is 37.3. The molecule has 1 saturated carbocycles. The van der Waals surface area contributed by atoms with Gasteiger partial charge in [0.05, 0.1) is 64.9 Å². The summed E-state index contributed by atoms with van der Waals surface area (Å²) in [6.07, 6.45) is -2.09. The van der Waals surface area contributed by atoms with Gasteiger partial charge < -0.3 is 55.5 Å². The van der Waals surface area contributed by atoms with Gasteiger partial charge in [-0.05, 0) is 110 Å². The van der Waals surface area contributed by atoms with Crippen molar-refractivity contribution in [2.24, 2.45) is 11.3 Å². The van der Waals surface area contributed by atoms with Gasteiger partial charge in [-0.25, -0.2) is 4.39 Å². The number of likely N-dealkylation sites (N-methyl/N-ethyl adjacent to an activating group) is 1. The van der Waals surface area contributed by atoms with Gasteiger partial charge in [0.15, 0.2) is 0 Å². The standard InChI is InChI=1S/C58H67F4N8O6SSi/c1-36(2)58(78)55(74)66-41(33-71)27-39-19-21-43(30-48(39)68(58)4)76-34-38-17-15-37(16-18-38)31-65-51(72)14-7-6-8-25-69-26-23-56(50(59)32-69)52(53(56)77)67-45-12-9-13-47-44(45)29-42(70(47)35-57(60,61)62)11-10-24-64-46-22-20-40(54(73)63-3)28-49(46)75-5/h9,12-13,15-22,28-30,36,41,50,52,64,67,71H,6-8,14,23-27,31-35H2,1-5H3,(H,63,73)(H,65,72)(H,66,74)/t41-,50-,52?,56?,58-/m0/s1. The molecule has 2 aliphatic heterocycles. The van der Waals surface area contributed by atoms with Crippen LogP contribution >= 0.6 is 12.2 Å². The lowest BCUT2D eigenvalue weighted by Gasteiger charge is -2.45. The number of carbonyl (C=O) groups excluding carboxylic acids is 3. The number of aliphatic hydroxyl groups excluding tert-OH is 1. The maximum atomic E-state index is 16.2. The van der Waals surface area contributed by atoms with Crippen LogP contribution in [-0.2, 0) is 35.7 Å². The monoisotopic (exact) mass is 1110 g/mol. The normalized spacial score (nSPS) is 21.2. The number of alkyl halides is 4. The van der Waals surface area contributed by atoms with Crippen molar-refractivity contribution in [2.45, 2.75) is 102 Å². The van der Waals surface area contributed by atoms with Gasteiger partial charge in [0, 0.05) is 66.9 Å². The zero-order chi connectivity index (χ0) is 55.9. The third kappa shape index (κ3) is 12.8. The number of piperidine rings is 1. The molecule has 1 aromatic heterocycles. The average Bonchev–Trinajstić information content (AvgIpc) is 3.95. The summed E-state index contributed by atoms with van der Waals surface area (Å²) in [5, 5.41) is 24.5. The van der Waals surface area contributed by atoms with Crippen molar-refractivity contribution in [3.63, 3.8) is 0 Å². The van der Waals surface area contributed by atoms with Gasteiger partial charge in [-0.1, -0.05) is 74.8 Å². The number of benzene rings is 4. The number of fused-ring (bicyclic) bond motifs is 2. The molecule has 3 amide bonds. The minimum Gasteiger partial charge on any atom is -0.495 e. The molecule has 3 aliphatic rings. The number of hydrogen-bond acceptors (Lipinski definition) is 11. The molecule has 0 bridgehead atoms. The van der Waals surface area contributed by atoms with E-state index in [-0.39, 0.29) is 49.0 Å². The van der Waals surface area contributed by atoms with Crippen LogP contribution in [0, 0.1) is 23.2 Å². The summed E-state index contributed by atoms with van der Waals surface area (Å²) < 4.78 is 70.9. The Morgan fingerprint density at radius 3 is 2.49 bits per heavy atom. The molecule has 20 heteroatoms. The maximum absolute atomic E-state index is 16.2. The molecule has 5 atom stereocenters. The van der Waals surface area contributed by atoms with Crippen molar-refractivity contribution < 1.29 is 46.5 Å². The first-order valence-corrected chi connectivity index (χ1v) is 27.2. The van der Waals surface area contributed by atoms with Crippen molar-refractivity contribution in [2.75, 3.05) is 69.5 Å². The van der Waals surface area contributed by atoms with Crippen molar-refractivity contribution in [3.8, 4) is 23.3 Å². The number of halogens is 4. The summed E-state index contributed by atoms with van der Waals surface area (Å²) in [5.41, 5.74) is 4.86. The van der Waals surface area contributed by atoms with Gasteiger partial charge in [0.25, 0.3) is 5.91 Å². The number of carbonyl (C=O) groups is 3. The van der Waals surface area contributed by atoms with Crippen LogP contribution in [0.5, 0.6) is 11.5 Å². The topological polar surface area (TPSA) is 161 Å². The number of anilines is 3. The molecular weight excluding hydrogens is 1040 g/mol. The van der Waals surface area contributed by atoms with E-state index in [0.29, 0.717) is 96.1 Å². The fourth-order valence-electron chi connectivity index (χ4n) is 10.6. The molecule has 2 unspecified atom stereocenters. The number of amides is 3. The smallest absolute Gasteiger partial charge is 0.406 e. The molecule has 4 aromatic carbocycles. The highest BCUT2D eigenvalue weighted by Gasteiger charge is 2.67. The van der Waals surface area contributed by atoms with Crippen molar-refractivity contribution in [1.82, 2.24) is 25.4 Å². The van der Waals surface area contributed by atoms with Gasteiger partial charge in [-0.15, -0.1) is 0 Å². The van der Waals surface area contributed by atoms with E-state index in [1.807, 2.05) is 68.3 Å². The molecule has 2 fully saturated rings. The predicted molar refractivity (Wildman–Crippen MR) is 300 cm³/mol. The lowest BCUT2D eigenvalue weighted by atomic mass is 9.90. The lowest BCUT2D eigenvalue weighted by molar-refractivity contribution is -0.140. The van der Waals surface area contributed by atoms with E-state index in [2.05, 4.69) is 53.6 Å². The Kier molecular flexibility index (Phi) is 18.1. The molecule has 6 N–H and O–H groups in total. The Bertz CT molecular complexity index is 3070. The van der Waals surface area contributed by atoms with Gasteiger partial charge in [-0.2, -0.15) is 13.2 Å². The highest BCUT2D eigenvalue weighted by molar-refractivity contribution is 7.81. The molecule has 3 heterocycles. The average molecular weight is 1110 g/mol. The Morgan fingerprint density at radius 2 is 1.78 bits per heavy atom. The quantitative estimate of drug-likeness (QED) is 0.0149. The number of thiocarbonyl (C=S) groups is 1. The number of likely N-dealkylation sites (tertiary alicyclic amines) is 1. The van der Waals surface area contributed by atoms with Crippen LogP contribution in [0.3, 0.4) is 0 Å². The third-order valence-electron chi connectivity index (χ3n) is 15.3. The minimum atomic E-state index is -4.52. The molecule has 8 rings (SSSR count). The summed E-state index contributed by atoms with van der Waals surface area (Å²) in [5.74, 6) is 6.24. The van der Waals surface area contributed by atoms with Crippen molar-refractivity contribution in [1.29, 1.82) is 0 Å². The maximum Gasteiger partial charge on any atom is 0.406 e. The second-order valence-corrected chi connectivity index (χ2v) is 21.8. The molecular formula is C58H67F4N8O6SSi. The third-order valence-corrected chi connectivity index (χ3v) is 17.0. The number of rotatable bonds is 20. The summed E-state index contributed by atoms with van der Waals surface area (Å²) in [6, 6.07) is 24.3. The van der Waals surface area contributed by atoms with Gasteiger partial charge >= 0.3 is 6.18 Å². The van der Waals surface area contributed by atoms with E-state index in [1.165, 1.54) is 14.2 Å². The summed E-state index contributed by atoms with van der Waals surface area (Å²) >= 11 is 5.78. The number of nitrogens with zero attached hydrogens (tertiary/aromatic N) is 3. The Balaban J connectivity index is 0.769. The van der Waals surface area contributed by atoms with Crippen LogP contribution < -0.4 is 41.0 Å². The molecule has 3 radical (unpaired) electrons. The Labute approximate surface area is 461 Å². The van der Waals surface area contributed by atoms with Crippen molar-refractivity contribution in [3.05, 3.63) is 113 Å². The second-order valence-electron chi connectivity index (χ2n) is 20.6. The number of unbranched alkanes of at least 4 members (excludes halogenated alkanes) is 2. The number of ether oxygens (including phenoxy) is 2. The lowest BCUT2D eigenvalue weighted by Crippen LogP contribution is -2.64. The van der Waals surface area contributed by atoms with Crippen LogP contribution in [-0.4, -0.2) is 131 Å². The largest absolute Gasteiger partial charge is 0.495 e. The first kappa shape index (κ1) is 57.5. The van der Waals surface area contributed by atoms with E-state index >= 15 is 4.39 Å². The highest BCUT2D eigenvalue weighted by Crippen LogP contribution is 2.54. The van der Waals surface area contributed by atoms with Gasteiger partial charge in [0.2, 0.25) is 11.8 Å². The van der Waals surface area contributed by atoms with E-state index < -0.39 is 41.6 Å². The Morgan fingerprint density at radius 1 is 1.01 bits per heavy atom. The molecule has 14 nitrogen and oxygen atoms in total. The first-order valence-electron chi connectivity index (χ1n) is 26.3. The minimum absolute atomic E-state index is 0.0435. The predicted octanol–water partition coefficient (Wildman–Crippen LogP) is 7.68. The molecule has 1 aliphatic carbocycles. The summed E-state index contributed by atoms with van der Waals surface area (Å²) in [4.78, 5) is 42.8. The number of hydrogen-bond donors (Lipinski definition) is 6. The van der Waals surface area contributed by atoms with Crippen LogP contribution in [0.2, 0.25) is 0 Å². The number of aromatic nitrogens is 1. The number of aliphatic hydroxyl groups is 1. The van der Waals surface area contributed by atoms with Crippen LogP contribution in [0.25, 0.3) is 10.9 Å². The van der Waals surface area contributed by atoms with Crippen LogP contribution in [0.1, 0.15) is 78.7 Å². The fraction of sp³-hybridized carbons (Fsp3) is 0.448. The zero-order valence-corrected chi connectivity index (χ0v) is 46.4. The SMILES string of the molecule is CNC(=O)c1ccc(NCC#Cc2cc3c(NC4C(=S)C45CCN(CCCCCC(=O)NCc4ccc(COc6ccc7c(c6)N(C)[C@]([Si])(C(C)C)C(=O)N[C@H](CO)C7)cc4)C[C@@H]5F)cccc3n2CC(F)(F)F)c(OC)c1. The van der Waals surface area contributed by atoms with Gasteiger partial charge in [0.1, 0.15) is 36.0 Å². The zero-order valence-electron chi connectivity index (χ0n) is 44.5. The van der Waals surface area contributed by atoms with E-state index in [1.54, 1.807) is 42.5 Å². The van der Waals surface area contributed by atoms with E-state index in [0.717, 1.165) is 39.8 Å². The second kappa shape index (κ2) is 24.6.